The minimum atomic E-state index is -0.478. The van der Waals surface area contributed by atoms with Crippen molar-refractivity contribution in [1.82, 2.24) is 9.97 Å². The highest BCUT2D eigenvalue weighted by Crippen LogP contribution is 2.35. The lowest BCUT2D eigenvalue weighted by molar-refractivity contribution is 0.00708. The van der Waals surface area contributed by atoms with Crippen LogP contribution in [-0.2, 0) is 33.5 Å². The zero-order valence-corrected chi connectivity index (χ0v) is 33.5. The first-order valence-corrected chi connectivity index (χ1v) is 19.2. The number of aromatic nitrogens is 2. The summed E-state index contributed by atoms with van der Waals surface area (Å²) in [6.07, 6.45) is 1.01. The van der Waals surface area contributed by atoms with Gasteiger partial charge in [0.05, 0.1) is 39.6 Å². The molecule has 0 aliphatic carbocycles. The summed E-state index contributed by atoms with van der Waals surface area (Å²) in [5.74, 6) is 0.237. The van der Waals surface area contributed by atoms with Gasteiger partial charge in [-0.3, -0.25) is 14.4 Å². The predicted molar refractivity (Wildman–Crippen MR) is 216 cm³/mol. The Morgan fingerprint density at radius 2 is 0.911 bits per heavy atom. The van der Waals surface area contributed by atoms with Crippen LogP contribution in [0.2, 0.25) is 0 Å². The molecule has 2 aromatic carbocycles. The van der Waals surface area contributed by atoms with E-state index in [0.717, 1.165) is 22.5 Å². The lowest BCUT2D eigenvalue weighted by Gasteiger charge is -2.25. The number of aryl methyl sites for hydroxylation is 4. The summed E-state index contributed by atoms with van der Waals surface area (Å²) in [6.45, 7) is 16.2. The second-order valence-electron chi connectivity index (χ2n) is 13.5. The molecule has 0 saturated carbocycles. The quantitative estimate of drug-likeness (QED) is 0.162. The highest BCUT2D eigenvalue weighted by molar-refractivity contribution is 6.17. The van der Waals surface area contributed by atoms with Gasteiger partial charge in [0.2, 0.25) is 0 Å². The fourth-order valence-corrected chi connectivity index (χ4v) is 6.95. The first kappa shape index (κ1) is 41.8. The average molecular weight is 768 g/mol. The molecule has 0 bridgehead atoms. The van der Waals surface area contributed by atoms with Crippen LogP contribution in [0, 0.1) is 27.7 Å². The summed E-state index contributed by atoms with van der Waals surface area (Å²) in [5.41, 5.74) is 6.14. The van der Waals surface area contributed by atoms with E-state index in [4.69, 9.17) is 23.7 Å². The Hall–Kier alpha value is -5.37. The van der Waals surface area contributed by atoms with Crippen LogP contribution in [0.5, 0.6) is 11.5 Å². The summed E-state index contributed by atoms with van der Waals surface area (Å²) in [6, 6.07) is 12.5. The van der Waals surface area contributed by atoms with Crippen molar-refractivity contribution in [3.8, 4) is 11.5 Å². The molecular weight excluding hydrogens is 714 g/mol. The molecule has 3 N–H and O–H groups in total. The highest BCUT2D eigenvalue weighted by atomic mass is 16.6. The molecule has 1 aliphatic heterocycles. The lowest BCUT2D eigenvalue weighted by atomic mass is 9.82. The van der Waals surface area contributed by atoms with Crippen LogP contribution in [0.25, 0.3) is 0 Å². The van der Waals surface area contributed by atoms with Crippen LogP contribution in [0.3, 0.4) is 0 Å². The molecule has 0 atom stereocenters. The van der Waals surface area contributed by atoms with Crippen LogP contribution in [-0.4, -0.2) is 80.5 Å². The molecule has 0 unspecified atom stereocenters. The molecule has 13 nitrogen and oxygen atoms in total. The van der Waals surface area contributed by atoms with Gasteiger partial charge in [-0.1, -0.05) is 20.8 Å². The molecule has 0 spiro atoms. The van der Waals surface area contributed by atoms with Gasteiger partial charge in [-0.05, 0) is 111 Å². The molecule has 4 aromatic rings. The number of carbonyl (C=O) groups excluding carboxylic acids is 3. The number of carbonyl (C=O) groups is 3. The number of nitrogens with one attached hydrogen (secondary N) is 3. The van der Waals surface area contributed by atoms with Gasteiger partial charge in [-0.25, -0.2) is 9.97 Å². The van der Waals surface area contributed by atoms with Gasteiger partial charge in [0.15, 0.2) is 11.5 Å². The van der Waals surface area contributed by atoms with Gasteiger partial charge in [-0.15, -0.1) is 0 Å². The molecule has 2 aromatic heterocycles. The number of nitrogens with zero attached hydrogens (tertiary/aromatic N) is 2. The second-order valence-corrected chi connectivity index (χ2v) is 13.5. The lowest BCUT2D eigenvalue weighted by Crippen LogP contribution is -2.28. The van der Waals surface area contributed by atoms with E-state index in [2.05, 4.69) is 25.9 Å². The Bertz CT molecular complexity index is 1910. The Morgan fingerprint density at radius 3 is 1.32 bits per heavy atom. The SMILES string of the molecule is CCc1c(C(=O)Nc2ccc3c(c2)OCCOCCOCCOCCO3)c(CC)c(C(=O)Nc2cc(C)cc(C)n2)c(CC)c1C(=O)Nc1cc(C)cc(C)n1. The van der Waals surface area contributed by atoms with E-state index in [1.165, 1.54) is 0 Å². The number of pyridine rings is 2. The molecule has 56 heavy (non-hydrogen) atoms. The predicted octanol–water partition coefficient (Wildman–Crippen LogP) is 6.98. The summed E-state index contributed by atoms with van der Waals surface area (Å²) in [5, 5.41) is 8.96. The minimum absolute atomic E-state index is 0.240. The summed E-state index contributed by atoms with van der Waals surface area (Å²) in [7, 11) is 0. The highest BCUT2D eigenvalue weighted by Gasteiger charge is 2.32. The van der Waals surface area contributed by atoms with E-state index in [1.54, 1.807) is 30.3 Å². The van der Waals surface area contributed by atoms with E-state index >= 15 is 0 Å². The monoisotopic (exact) mass is 767 g/mol. The van der Waals surface area contributed by atoms with Crippen molar-refractivity contribution in [2.75, 3.05) is 68.8 Å². The van der Waals surface area contributed by atoms with Crippen molar-refractivity contribution in [3.63, 3.8) is 0 Å². The molecule has 0 saturated heterocycles. The fourth-order valence-electron chi connectivity index (χ4n) is 6.95. The first-order valence-electron chi connectivity index (χ1n) is 19.2. The number of fused-ring (bicyclic) bond motifs is 1. The Kier molecular flexibility index (Phi) is 14.9. The van der Waals surface area contributed by atoms with Gasteiger partial charge in [0.1, 0.15) is 24.8 Å². The fraction of sp³-hybridized carbons (Fsp3) is 0.419. The van der Waals surface area contributed by atoms with E-state index in [1.807, 2.05) is 60.6 Å². The van der Waals surface area contributed by atoms with Crippen molar-refractivity contribution in [2.24, 2.45) is 0 Å². The third kappa shape index (κ3) is 10.7. The van der Waals surface area contributed by atoms with Crippen LogP contribution < -0.4 is 25.4 Å². The zero-order valence-electron chi connectivity index (χ0n) is 33.5. The van der Waals surface area contributed by atoms with Crippen LogP contribution in [0.4, 0.5) is 17.3 Å². The summed E-state index contributed by atoms with van der Waals surface area (Å²) < 4.78 is 28.8. The standard InChI is InChI=1S/C43H53N5O8/c1-8-31-38(41(49)46-30-11-12-34-35(25-30)56-20-18-54-16-14-52-13-15-53-17-19-55-34)32(9-2)40(43(51)48-37-24-27(5)22-29(7)45-37)33(10-3)39(31)42(50)47-36-23-26(4)21-28(6)44-36/h11-12,21-25H,8-10,13-20H2,1-7H3,(H,46,49)(H,44,47,50)(H,45,48,51). The third-order valence-electron chi connectivity index (χ3n) is 9.15. The topological polar surface area (TPSA) is 159 Å². The molecule has 0 radical (unpaired) electrons. The van der Waals surface area contributed by atoms with Crippen molar-refractivity contribution >= 4 is 35.0 Å². The van der Waals surface area contributed by atoms with Gasteiger partial charge in [0.25, 0.3) is 17.7 Å². The van der Waals surface area contributed by atoms with E-state index in [0.29, 0.717) is 104 Å². The van der Waals surface area contributed by atoms with Crippen LogP contribution >= 0.6 is 0 Å². The number of hydrogen-bond acceptors (Lipinski definition) is 10. The van der Waals surface area contributed by atoms with Crippen molar-refractivity contribution in [2.45, 2.75) is 67.7 Å². The normalized spacial score (nSPS) is 13.9. The number of ether oxygens (including phenoxy) is 5. The minimum Gasteiger partial charge on any atom is -0.487 e. The maximum atomic E-state index is 14.7. The number of rotatable bonds is 9. The summed E-state index contributed by atoms with van der Waals surface area (Å²) >= 11 is 0. The first-order chi connectivity index (χ1) is 27.0. The van der Waals surface area contributed by atoms with Gasteiger partial charge in [-0.2, -0.15) is 0 Å². The molecule has 13 heteroatoms. The number of anilines is 3. The molecule has 5 rings (SSSR count). The maximum absolute atomic E-state index is 14.7. The number of hydrogen-bond donors (Lipinski definition) is 3. The van der Waals surface area contributed by atoms with Crippen LogP contribution in [0.15, 0.2) is 42.5 Å². The van der Waals surface area contributed by atoms with Crippen molar-refractivity contribution in [3.05, 3.63) is 98.4 Å². The molecule has 3 amide bonds. The van der Waals surface area contributed by atoms with E-state index in [9.17, 15) is 14.4 Å². The van der Waals surface area contributed by atoms with Crippen molar-refractivity contribution < 1.29 is 38.1 Å². The zero-order chi connectivity index (χ0) is 40.2. The van der Waals surface area contributed by atoms with E-state index < -0.39 is 17.7 Å². The smallest absolute Gasteiger partial charge is 0.257 e. The van der Waals surface area contributed by atoms with Gasteiger partial charge >= 0.3 is 0 Å². The van der Waals surface area contributed by atoms with E-state index in [-0.39, 0.29) is 29.9 Å². The maximum Gasteiger partial charge on any atom is 0.257 e. The van der Waals surface area contributed by atoms with Gasteiger partial charge in [0, 0.05) is 39.8 Å². The largest absolute Gasteiger partial charge is 0.487 e. The Morgan fingerprint density at radius 1 is 0.518 bits per heavy atom. The average Bonchev–Trinajstić information content (AvgIpc) is 3.15. The van der Waals surface area contributed by atoms with Crippen LogP contribution in [0.1, 0.15) is 91.1 Å². The summed E-state index contributed by atoms with van der Waals surface area (Å²) in [4.78, 5) is 52.6. The number of amides is 3. The molecule has 3 heterocycles. The molecule has 1 aliphatic rings. The molecular formula is C43H53N5O8. The van der Waals surface area contributed by atoms with Crippen molar-refractivity contribution in [1.29, 1.82) is 0 Å². The third-order valence-corrected chi connectivity index (χ3v) is 9.15. The Balaban J connectivity index is 1.59. The second kappa shape index (κ2) is 20.0. The number of benzene rings is 2. The van der Waals surface area contributed by atoms with Gasteiger partial charge < -0.3 is 39.6 Å². The Labute approximate surface area is 328 Å². The molecule has 0 fully saturated rings. The molecule has 298 valence electrons.